The molecule has 0 bridgehead atoms. The quantitative estimate of drug-likeness (QED) is 0.105. The molecule has 12 aromatic carbocycles. The van der Waals surface area contributed by atoms with Gasteiger partial charge in [0.05, 0.1) is 0 Å². The van der Waals surface area contributed by atoms with E-state index in [0.717, 1.165) is 73.8 Å². The lowest BCUT2D eigenvalue weighted by Crippen LogP contribution is -1.97. The molecular formula is C75H64F14. The Balaban J connectivity index is 0.000000215. The van der Waals surface area contributed by atoms with Crippen LogP contribution in [0, 0.1) is 144 Å². The van der Waals surface area contributed by atoms with E-state index in [0.29, 0.717) is 22.1 Å². The lowest BCUT2D eigenvalue weighted by atomic mass is 10.1. The number of aryl methyl sites for hydroxylation is 8. The monoisotopic (exact) mass is 1230 g/mol. The predicted octanol–water partition coefficient (Wildman–Crippen LogP) is 23.4. The van der Waals surface area contributed by atoms with Gasteiger partial charge in [0.25, 0.3) is 0 Å². The minimum Gasteiger partial charge on any atom is -0.207 e. The van der Waals surface area contributed by atoms with Gasteiger partial charge < -0.3 is 0 Å². The van der Waals surface area contributed by atoms with E-state index in [9.17, 15) is 61.5 Å². The van der Waals surface area contributed by atoms with E-state index in [2.05, 4.69) is 0 Å². The fourth-order valence-electron chi connectivity index (χ4n) is 7.96. The molecule has 89 heavy (non-hydrogen) atoms. The van der Waals surface area contributed by atoms with Gasteiger partial charge in [0.15, 0.2) is 34.9 Å². The van der Waals surface area contributed by atoms with Crippen LogP contribution >= 0.6 is 0 Å². The number of rotatable bonds is 0. The highest BCUT2D eigenvalue weighted by Gasteiger charge is 2.14. The normalized spacial score (nSPS) is 9.97. The Morgan fingerprint density at radius 2 is 0.674 bits per heavy atom. The second kappa shape index (κ2) is 35.9. The maximum Gasteiger partial charge on any atom is 0.164 e. The van der Waals surface area contributed by atoms with Crippen LogP contribution in [-0.2, 0) is 0 Å². The van der Waals surface area contributed by atoms with Gasteiger partial charge in [-0.2, -0.15) is 0 Å². The first-order chi connectivity index (χ1) is 42.2. The van der Waals surface area contributed by atoms with Crippen molar-refractivity contribution < 1.29 is 61.5 Å². The Kier molecular flexibility index (Phi) is 29.0. The predicted molar refractivity (Wildman–Crippen MR) is 333 cm³/mol. The zero-order valence-corrected chi connectivity index (χ0v) is 50.2. The Morgan fingerprint density at radius 1 is 0.191 bits per heavy atom. The smallest absolute Gasteiger partial charge is 0.164 e. The van der Waals surface area contributed by atoms with Crippen molar-refractivity contribution in [3.63, 3.8) is 0 Å². The third-order valence-corrected chi connectivity index (χ3v) is 12.8. The molecule has 0 aliphatic rings. The minimum absolute atomic E-state index is 0.131. The molecule has 0 spiro atoms. The topological polar surface area (TPSA) is 0 Å². The molecule has 0 heterocycles. The van der Waals surface area contributed by atoms with Crippen LogP contribution in [0.3, 0.4) is 0 Å². The van der Waals surface area contributed by atoms with Crippen LogP contribution in [0.5, 0.6) is 0 Å². The fraction of sp³-hybridized carbons (Fsp3) is 0.120. The highest BCUT2D eigenvalue weighted by molar-refractivity contribution is 5.87. The number of hydrogen-bond acceptors (Lipinski definition) is 0. The molecule has 0 unspecified atom stereocenters. The van der Waals surface area contributed by atoms with Crippen molar-refractivity contribution in [2.24, 2.45) is 0 Å². The Labute approximate surface area is 510 Å². The molecule has 0 aliphatic heterocycles. The second-order valence-corrected chi connectivity index (χ2v) is 20.0. The van der Waals surface area contributed by atoms with Gasteiger partial charge in [-0.25, -0.2) is 61.5 Å². The minimum atomic E-state index is -1.37. The van der Waals surface area contributed by atoms with E-state index in [1.165, 1.54) is 73.7 Å². The van der Waals surface area contributed by atoms with Crippen molar-refractivity contribution in [2.75, 3.05) is 0 Å². The molecule has 0 N–H and O–H groups in total. The molecule has 0 radical (unpaired) electrons. The molecule has 0 aromatic heterocycles. The summed E-state index contributed by atoms with van der Waals surface area (Å²) in [5.74, 6) is -8.91. The van der Waals surface area contributed by atoms with E-state index >= 15 is 0 Å². The van der Waals surface area contributed by atoms with Gasteiger partial charge in [-0.15, -0.1) is 0 Å². The van der Waals surface area contributed by atoms with Gasteiger partial charge in [-0.3, -0.25) is 0 Å². The van der Waals surface area contributed by atoms with Crippen molar-refractivity contribution in [3.8, 4) is 0 Å². The molecule has 0 fully saturated rings. The van der Waals surface area contributed by atoms with Crippen molar-refractivity contribution in [2.45, 2.75) is 62.3 Å². The van der Waals surface area contributed by atoms with Crippen molar-refractivity contribution in [3.05, 3.63) is 356 Å². The molecule has 14 heteroatoms. The van der Waals surface area contributed by atoms with Crippen LogP contribution in [0.15, 0.2) is 224 Å². The van der Waals surface area contributed by atoms with Crippen LogP contribution in [0.1, 0.15) is 50.1 Å². The maximum atomic E-state index is 13.2. The first kappa shape index (κ1) is 71.9. The summed E-state index contributed by atoms with van der Waals surface area (Å²) >= 11 is 0. The molecule has 0 aliphatic carbocycles. The number of fused-ring (bicyclic) bond motifs is 3. The molecular weight excluding hydrogens is 1170 g/mol. The second-order valence-electron chi connectivity index (χ2n) is 20.0. The van der Waals surface area contributed by atoms with Crippen LogP contribution in [0.2, 0.25) is 0 Å². The molecule has 0 amide bonds. The number of benzene rings is 12. The van der Waals surface area contributed by atoms with Crippen LogP contribution in [-0.4, -0.2) is 0 Å². The summed E-state index contributed by atoms with van der Waals surface area (Å²) in [6, 6.07) is 60.2. The lowest BCUT2D eigenvalue weighted by Gasteiger charge is -2.01. The zero-order chi connectivity index (χ0) is 65.9. The zero-order valence-electron chi connectivity index (χ0n) is 50.2. The number of hydrogen-bond donors (Lipinski definition) is 0. The third-order valence-electron chi connectivity index (χ3n) is 12.8. The molecule has 0 atom stereocenters. The largest absolute Gasteiger partial charge is 0.207 e. The molecule has 12 rings (SSSR count). The summed E-state index contributed by atoms with van der Waals surface area (Å²) in [5.41, 5.74) is 5.90. The summed E-state index contributed by atoms with van der Waals surface area (Å²) in [5, 5.41) is 5.89. The van der Waals surface area contributed by atoms with Crippen molar-refractivity contribution in [1.82, 2.24) is 0 Å². The summed E-state index contributed by atoms with van der Waals surface area (Å²) in [6.45, 7) is 15.4. The van der Waals surface area contributed by atoms with Crippen LogP contribution < -0.4 is 0 Å². The number of halogens is 14. The standard InChI is InChI=1S/3C11H9F.C7H4F4.2C7H6F2.3C7H7F/c1-8-6-10(12)7-9-4-2-3-5-11(8)9;1-8-10-5-3-2-4-9(10)6-7-11(8)12;1-8-6-7-11(12)10-5-3-2-4-9(8)10;1-3-6(10)4(8)2-5(9)7(3)11;1-5-2-6(8)4-7(9)3-5;1-5-3-2-4-6(8)7(5)9;1-6-2-4-7(8)5-3-6;1-6-3-2-4-7(8)5-6;1-6-4-2-3-5-7(6)8/h3*2-7H,1H3;2H,1H3;2*2-4H,1H3;3*2-5H,1H3. The fourth-order valence-corrected chi connectivity index (χ4v) is 7.96. The van der Waals surface area contributed by atoms with Gasteiger partial charge in [-0.1, -0.05) is 145 Å². The summed E-state index contributed by atoms with van der Waals surface area (Å²) < 4.78 is 174. The third kappa shape index (κ3) is 23.9. The maximum absolute atomic E-state index is 13.2. The Hall–Kier alpha value is -9.56. The molecule has 0 saturated carbocycles. The van der Waals surface area contributed by atoms with Gasteiger partial charge in [0, 0.05) is 23.1 Å². The lowest BCUT2D eigenvalue weighted by molar-refractivity contribution is 0.445. The first-order valence-corrected chi connectivity index (χ1v) is 27.4. The molecule has 12 aromatic rings. The van der Waals surface area contributed by atoms with E-state index in [-0.39, 0.29) is 41.0 Å². The average molecular weight is 1230 g/mol. The van der Waals surface area contributed by atoms with Gasteiger partial charge >= 0.3 is 0 Å². The average Bonchev–Trinajstić information content (AvgIpc) is 3.29. The van der Waals surface area contributed by atoms with E-state index in [1.54, 1.807) is 81.4 Å². The van der Waals surface area contributed by atoms with Crippen molar-refractivity contribution in [1.29, 1.82) is 0 Å². The molecule has 0 nitrogen and oxygen atoms in total. The van der Waals surface area contributed by atoms with Gasteiger partial charge in [0.2, 0.25) is 0 Å². The molecule has 462 valence electrons. The Morgan fingerprint density at radius 3 is 1.18 bits per heavy atom. The van der Waals surface area contributed by atoms with Gasteiger partial charge in [-0.05, 0) is 201 Å². The summed E-state index contributed by atoms with van der Waals surface area (Å²) in [6.07, 6.45) is 0. The highest BCUT2D eigenvalue weighted by Crippen LogP contribution is 2.23. The van der Waals surface area contributed by atoms with Crippen molar-refractivity contribution >= 4 is 32.3 Å². The highest BCUT2D eigenvalue weighted by atomic mass is 19.2. The van der Waals surface area contributed by atoms with Gasteiger partial charge in [0.1, 0.15) is 46.5 Å². The Bertz CT molecular complexity index is 3990. The van der Waals surface area contributed by atoms with E-state index < -0.39 is 52.1 Å². The van der Waals surface area contributed by atoms with E-state index in [1.807, 2.05) is 107 Å². The van der Waals surface area contributed by atoms with E-state index in [4.69, 9.17) is 0 Å². The first-order valence-electron chi connectivity index (χ1n) is 27.4. The summed E-state index contributed by atoms with van der Waals surface area (Å²) in [4.78, 5) is 0. The SMILES string of the molecule is Cc1c(F)c(F)cc(F)c1F.Cc1c(F)ccc2ccccc12.Cc1cc(F)cc(F)c1.Cc1cc(F)cc2ccccc12.Cc1ccc(F)c2ccccc12.Cc1ccc(F)cc1.Cc1cccc(F)c1.Cc1cccc(F)c1F.Cc1ccccc1F. The van der Waals surface area contributed by atoms with Crippen LogP contribution in [0.25, 0.3) is 32.3 Å². The molecule has 0 saturated heterocycles. The summed E-state index contributed by atoms with van der Waals surface area (Å²) in [7, 11) is 0. The van der Waals surface area contributed by atoms with Crippen LogP contribution in [0.4, 0.5) is 61.5 Å².